The van der Waals surface area contributed by atoms with Crippen molar-refractivity contribution in [1.29, 1.82) is 0 Å². The number of benzene rings is 1. The van der Waals surface area contributed by atoms with E-state index in [4.69, 9.17) is 9.84 Å². The largest absolute Gasteiger partial charge is 0.497 e. The molecule has 0 aliphatic heterocycles. The molecule has 0 aromatic heterocycles. The van der Waals surface area contributed by atoms with Gasteiger partial charge in [-0.2, -0.15) is 0 Å². The Bertz CT molecular complexity index is 348. The molecule has 1 aromatic carbocycles. The van der Waals surface area contributed by atoms with Gasteiger partial charge in [0, 0.05) is 0 Å². The molecule has 0 aliphatic carbocycles. The summed E-state index contributed by atoms with van der Waals surface area (Å²) in [6, 6.07) is 6.44. The van der Waals surface area contributed by atoms with Crippen molar-refractivity contribution in [3.05, 3.63) is 29.8 Å². The number of nitrogens with one attached hydrogen (secondary N) is 1. The highest BCUT2D eigenvalue weighted by Crippen LogP contribution is 2.17. The second-order valence-corrected chi connectivity index (χ2v) is 3.85. The molecule has 0 radical (unpaired) electrons. The van der Waals surface area contributed by atoms with Crippen LogP contribution in [0, 0.1) is 0 Å². The molecule has 1 unspecified atom stereocenters. The number of hydrogen-bond donors (Lipinski definition) is 2. The topological polar surface area (TPSA) is 58.6 Å². The molecule has 0 heterocycles. The van der Waals surface area contributed by atoms with E-state index in [9.17, 15) is 4.79 Å². The van der Waals surface area contributed by atoms with Gasteiger partial charge in [0.15, 0.2) is 0 Å². The Morgan fingerprint density at radius 1 is 1.41 bits per heavy atom. The lowest BCUT2D eigenvalue weighted by molar-refractivity contribution is -0.139. The zero-order valence-corrected chi connectivity index (χ0v) is 10.3. The van der Waals surface area contributed by atoms with Crippen molar-refractivity contribution in [2.24, 2.45) is 0 Å². The van der Waals surface area contributed by atoms with E-state index in [1.165, 1.54) is 0 Å². The fourth-order valence-corrected chi connectivity index (χ4v) is 1.57. The highest BCUT2D eigenvalue weighted by Gasteiger charge is 2.18. The molecular formula is C13H19NO3. The monoisotopic (exact) mass is 237 g/mol. The average molecular weight is 237 g/mol. The molecule has 4 heteroatoms. The van der Waals surface area contributed by atoms with E-state index in [1.54, 1.807) is 31.4 Å². The van der Waals surface area contributed by atoms with Crippen molar-refractivity contribution in [2.45, 2.75) is 25.8 Å². The first kappa shape index (κ1) is 13.5. The third-order valence-electron chi connectivity index (χ3n) is 2.57. The van der Waals surface area contributed by atoms with Gasteiger partial charge < -0.3 is 15.2 Å². The molecule has 0 saturated carbocycles. The first-order valence-electron chi connectivity index (χ1n) is 5.79. The minimum absolute atomic E-state index is 0.646. The quantitative estimate of drug-likeness (QED) is 0.714. The zero-order valence-electron chi connectivity index (χ0n) is 10.3. The van der Waals surface area contributed by atoms with Crippen LogP contribution in [0.5, 0.6) is 5.75 Å². The fourth-order valence-electron chi connectivity index (χ4n) is 1.57. The van der Waals surface area contributed by atoms with Gasteiger partial charge in [0.25, 0.3) is 0 Å². The van der Waals surface area contributed by atoms with Crippen LogP contribution in [0.2, 0.25) is 0 Å². The second kappa shape index (κ2) is 6.91. The van der Waals surface area contributed by atoms with Crippen molar-refractivity contribution >= 4 is 5.97 Å². The molecule has 1 atom stereocenters. The summed E-state index contributed by atoms with van der Waals surface area (Å²) in [6.45, 7) is 2.78. The Balaban J connectivity index is 2.71. The maximum absolute atomic E-state index is 11.2. The van der Waals surface area contributed by atoms with E-state index in [1.807, 2.05) is 0 Å². The van der Waals surface area contributed by atoms with Crippen LogP contribution in [0.3, 0.4) is 0 Å². The van der Waals surface area contributed by atoms with Crippen molar-refractivity contribution in [3.8, 4) is 5.75 Å². The summed E-state index contributed by atoms with van der Waals surface area (Å²) < 4.78 is 5.04. The first-order chi connectivity index (χ1) is 8.19. The Kier molecular flexibility index (Phi) is 5.49. The summed E-state index contributed by atoms with van der Waals surface area (Å²) in [6.07, 6.45) is 2.02. The van der Waals surface area contributed by atoms with Crippen LogP contribution < -0.4 is 10.1 Å². The predicted octanol–water partition coefficient (Wildman–Crippen LogP) is 2.21. The normalized spacial score (nSPS) is 12.1. The number of carboxylic acids is 1. The fraction of sp³-hybridized carbons (Fsp3) is 0.462. The smallest absolute Gasteiger partial charge is 0.325 e. The maximum atomic E-state index is 11.2. The molecule has 4 nitrogen and oxygen atoms in total. The van der Waals surface area contributed by atoms with Crippen molar-refractivity contribution in [2.75, 3.05) is 13.7 Å². The molecule has 0 amide bonds. The summed E-state index contributed by atoms with van der Waals surface area (Å²) in [4.78, 5) is 11.2. The van der Waals surface area contributed by atoms with Crippen LogP contribution in [-0.4, -0.2) is 24.7 Å². The Labute approximate surface area is 102 Å². The highest BCUT2D eigenvalue weighted by atomic mass is 16.5. The zero-order chi connectivity index (χ0) is 12.7. The SMILES string of the molecule is CCCCNC(C(=O)O)c1ccc(OC)cc1. The Morgan fingerprint density at radius 2 is 2.06 bits per heavy atom. The summed E-state index contributed by atoms with van der Waals surface area (Å²) in [5.74, 6) is -0.127. The van der Waals surface area contributed by atoms with Crippen LogP contribution in [0.25, 0.3) is 0 Å². The lowest BCUT2D eigenvalue weighted by atomic mass is 10.1. The van der Waals surface area contributed by atoms with Crippen molar-refractivity contribution in [3.63, 3.8) is 0 Å². The van der Waals surface area contributed by atoms with Gasteiger partial charge in [0.2, 0.25) is 0 Å². The molecule has 0 saturated heterocycles. The molecule has 2 N–H and O–H groups in total. The summed E-state index contributed by atoms with van der Waals surface area (Å²) in [7, 11) is 1.59. The number of unbranched alkanes of at least 4 members (excludes halogenated alkanes) is 1. The first-order valence-corrected chi connectivity index (χ1v) is 5.79. The average Bonchev–Trinajstić information content (AvgIpc) is 2.34. The molecule has 0 fully saturated rings. The van der Waals surface area contributed by atoms with Gasteiger partial charge in [-0.3, -0.25) is 4.79 Å². The van der Waals surface area contributed by atoms with Gasteiger partial charge in [-0.15, -0.1) is 0 Å². The minimum atomic E-state index is -0.855. The molecule has 94 valence electrons. The molecule has 1 aromatic rings. The second-order valence-electron chi connectivity index (χ2n) is 3.85. The third kappa shape index (κ3) is 4.07. The van der Waals surface area contributed by atoms with Crippen LogP contribution in [0.4, 0.5) is 0 Å². The van der Waals surface area contributed by atoms with Gasteiger partial charge in [0.1, 0.15) is 11.8 Å². The maximum Gasteiger partial charge on any atom is 0.325 e. The standard InChI is InChI=1S/C13H19NO3/c1-3-4-9-14-12(13(15)16)10-5-7-11(17-2)8-6-10/h5-8,12,14H,3-4,9H2,1-2H3,(H,15,16). The van der Waals surface area contributed by atoms with Gasteiger partial charge in [0.05, 0.1) is 7.11 Å². The number of ether oxygens (including phenoxy) is 1. The van der Waals surface area contributed by atoms with Crippen LogP contribution in [0.1, 0.15) is 31.4 Å². The van der Waals surface area contributed by atoms with Gasteiger partial charge in [-0.05, 0) is 30.7 Å². The number of hydrogen-bond acceptors (Lipinski definition) is 3. The highest BCUT2D eigenvalue weighted by molar-refractivity contribution is 5.75. The number of carbonyl (C=O) groups is 1. The third-order valence-corrected chi connectivity index (χ3v) is 2.57. The van der Waals surface area contributed by atoms with E-state index in [2.05, 4.69) is 12.2 Å². The van der Waals surface area contributed by atoms with E-state index in [0.29, 0.717) is 6.54 Å². The van der Waals surface area contributed by atoms with Crippen LogP contribution in [-0.2, 0) is 4.79 Å². The summed E-state index contributed by atoms with van der Waals surface area (Å²) in [5, 5.41) is 12.2. The van der Waals surface area contributed by atoms with Crippen molar-refractivity contribution in [1.82, 2.24) is 5.32 Å². The number of rotatable bonds is 7. The number of methoxy groups -OCH3 is 1. The van der Waals surface area contributed by atoms with Crippen LogP contribution >= 0.6 is 0 Å². The summed E-state index contributed by atoms with van der Waals surface area (Å²) >= 11 is 0. The lowest BCUT2D eigenvalue weighted by Crippen LogP contribution is -2.29. The Morgan fingerprint density at radius 3 is 2.53 bits per heavy atom. The number of carboxylic acid groups (broad SMARTS) is 1. The summed E-state index contributed by atoms with van der Waals surface area (Å²) in [5.41, 5.74) is 0.745. The van der Waals surface area contributed by atoms with E-state index in [-0.39, 0.29) is 0 Å². The molecule has 0 aliphatic rings. The molecule has 17 heavy (non-hydrogen) atoms. The Hall–Kier alpha value is -1.55. The van der Waals surface area contributed by atoms with Gasteiger partial charge in [-0.25, -0.2) is 0 Å². The van der Waals surface area contributed by atoms with E-state index >= 15 is 0 Å². The number of aliphatic carboxylic acids is 1. The van der Waals surface area contributed by atoms with Gasteiger partial charge in [-0.1, -0.05) is 25.5 Å². The van der Waals surface area contributed by atoms with Crippen LogP contribution in [0.15, 0.2) is 24.3 Å². The molecule has 0 bridgehead atoms. The lowest BCUT2D eigenvalue weighted by Gasteiger charge is -2.14. The molecule has 1 rings (SSSR count). The van der Waals surface area contributed by atoms with E-state index in [0.717, 1.165) is 24.2 Å². The predicted molar refractivity (Wildman–Crippen MR) is 66.3 cm³/mol. The molecular weight excluding hydrogens is 218 g/mol. The van der Waals surface area contributed by atoms with Gasteiger partial charge >= 0.3 is 5.97 Å². The van der Waals surface area contributed by atoms with Crippen molar-refractivity contribution < 1.29 is 14.6 Å². The molecule has 0 spiro atoms. The minimum Gasteiger partial charge on any atom is -0.497 e. The van der Waals surface area contributed by atoms with E-state index < -0.39 is 12.0 Å².